The van der Waals surface area contributed by atoms with Gasteiger partial charge in [-0.05, 0) is 12.8 Å². The van der Waals surface area contributed by atoms with E-state index in [1.54, 1.807) is 6.07 Å². The molecule has 1 fully saturated rings. The molecule has 0 saturated heterocycles. The van der Waals surface area contributed by atoms with Crippen molar-refractivity contribution in [1.29, 1.82) is 0 Å². The van der Waals surface area contributed by atoms with Crippen LogP contribution in [0.25, 0.3) is 0 Å². The number of para-hydroxylation sites is 1. The van der Waals surface area contributed by atoms with Gasteiger partial charge in [0.2, 0.25) is 10.0 Å². The van der Waals surface area contributed by atoms with Crippen LogP contribution in [0.2, 0.25) is 0 Å². The van der Waals surface area contributed by atoms with Gasteiger partial charge in [0.25, 0.3) is 5.69 Å². The van der Waals surface area contributed by atoms with Gasteiger partial charge in [-0.25, -0.2) is 13.1 Å². The fourth-order valence-corrected chi connectivity index (χ4v) is 3.85. The third-order valence-electron chi connectivity index (χ3n) is 3.42. The summed E-state index contributed by atoms with van der Waals surface area (Å²) in [5.41, 5.74) is -0.0522. The Labute approximate surface area is 122 Å². The molecule has 0 spiro atoms. The Kier molecular flexibility index (Phi) is 4.69. The summed E-state index contributed by atoms with van der Waals surface area (Å²) in [5.74, 6) is -0.293. The quantitative estimate of drug-likeness (QED) is 0.655. The SMILES string of the molecule is O=C1CCC(NS(=O)(=O)Cc2ccccc2[N+](=O)[O-])CC1. The van der Waals surface area contributed by atoms with Crippen molar-refractivity contribution in [2.24, 2.45) is 0 Å². The second kappa shape index (κ2) is 6.31. The zero-order valence-electron chi connectivity index (χ0n) is 11.3. The maximum absolute atomic E-state index is 12.1. The van der Waals surface area contributed by atoms with Gasteiger partial charge in [-0.3, -0.25) is 14.9 Å². The van der Waals surface area contributed by atoms with Crippen LogP contribution in [0.5, 0.6) is 0 Å². The maximum atomic E-state index is 12.1. The van der Waals surface area contributed by atoms with Gasteiger partial charge in [0.1, 0.15) is 5.78 Å². The monoisotopic (exact) mass is 312 g/mol. The van der Waals surface area contributed by atoms with Crippen molar-refractivity contribution >= 4 is 21.5 Å². The highest BCUT2D eigenvalue weighted by Gasteiger charge is 2.25. The number of nitrogens with zero attached hydrogens (tertiary/aromatic N) is 1. The van der Waals surface area contributed by atoms with Gasteiger partial charge in [0.05, 0.1) is 10.7 Å². The maximum Gasteiger partial charge on any atom is 0.273 e. The lowest BCUT2D eigenvalue weighted by Crippen LogP contribution is -2.38. The first kappa shape index (κ1) is 15.6. The summed E-state index contributed by atoms with van der Waals surface area (Å²) < 4.78 is 26.7. The predicted molar refractivity (Wildman–Crippen MR) is 76.1 cm³/mol. The van der Waals surface area contributed by atoms with Crippen LogP contribution in [0.4, 0.5) is 5.69 Å². The first-order valence-electron chi connectivity index (χ1n) is 6.61. The van der Waals surface area contributed by atoms with Crippen molar-refractivity contribution in [1.82, 2.24) is 4.72 Å². The molecular formula is C13H16N2O5S. The molecule has 114 valence electrons. The van der Waals surface area contributed by atoms with Crippen LogP contribution < -0.4 is 4.72 Å². The fraction of sp³-hybridized carbons (Fsp3) is 0.462. The van der Waals surface area contributed by atoms with Gasteiger partial charge in [-0.2, -0.15) is 0 Å². The lowest BCUT2D eigenvalue weighted by Gasteiger charge is -2.21. The van der Waals surface area contributed by atoms with E-state index >= 15 is 0 Å². The van der Waals surface area contributed by atoms with Crippen molar-refractivity contribution < 1.29 is 18.1 Å². The molecule has 1 aromatic rings. The van der Waals surface area contributed by atoms with Gasteiger partial charge >= 0.3 is 0 Å². The smallest absolute Gasteiger partial charge is 0.273 e. The molecule has 0 heterocycles. The van der Waals surface area contributed by atoms with Crippen molar-refractivity contribution in [3.8, 4) is 0 Å². The number of benzene rings is 1. The van der Waals surface area contributed by atoms with Crippen LogP contribution in [0.15, 0.2) is 24.3 Å². The Hall–Kier alpha value is -1.80. The summed E-state index contributed by atoms with van der Waals surface area (Å²) in [6, 6.07) is 5.51. The number of ketones is 1. The minimum Gasteiger partial charge on any atom is -0.300 e. The minimum absolute atomic E-state index is 0.143. The molecule has 1 aromatic carbocycles. The Morgan fingerprint density at radius 3 is 2.48 bits per heavy atom. The van der Waals surface area contributed by atoms with E-state index in [9.17, 15) is 23.3 Å². The van der Waals surface area contributed by atoms with E-state index in [0.29, 0.717) is 25.7 Å². The van der Waals surface area contributed by atoms with Gasteiger partial charge in [-0.1, -0.05) is 18.2 Å². The molecular weight excluding hydrogens is 296 g/mol. The van der Waals surface area contributed by atoms with E-state index in [2.05, 4.69) is 4.72 Å². The zero-order chi connectivity index (χ0) is 15.5. The Morgan fingerprint density at radius 1 is 1.24 bits per heavy atom. The molecule has 1 aliphatic carbocycles. The molecule has 0 bridgehead atoms. The van der Waals surface area contributed by atoms with Crippen molar-refractivity contribution in [2.75, 3.05) is 0 Å². The number of carbonyl (C=O) groups is 1. The molecule has 0 aromatic heterocycles. The summed E-state index contributed by atoms with van der Waals surface area (Å²) in [7, 11) is -3.67. The predicted octanol–water partition coefficient (Wildman–Crippen LogP) is 1.53. The van der Waals surface area contributed by atoms with Crippen LogP contribution in [0.1, 0.15) is 31.2 Å². The van der Waals surface area contributed by atoms with E-state index < -0.39 is 20.7 Å². The topological polar surface area (TPSA) is 106 Å². The standard InChI is InChI=1S/C13H16N2O5S/c16-12-7-5-11(6-8-12)14-21(19,20)9-10-3-1-2-4-13(10)15(17)18/h1-4,11,14H,5-9H2. The van der Waals surface area contributed by atoms with Crippen LogP contribution in [-0.2, 0) is 20.6 Å². The number of hydrogen-bond acceptors (Lipinski definition) is 5. The van der Waals surface area contributed by atoms with Gasteiger partial charge in [-0.15, -0.1) is 0 Å². The Bertz CT molecular complexity index is 646. The molecule has 2 rings (SSSR count). The zero-order valence-corrected chi connectivity index (χ0v) is 12.1. The molecule has 1 saturated carbocycles. The van der Waals surface area contributed by atoms with Gasteiger partial charge in [0.15, 0.2) is 0 Å². The lowest BCUT2D eigenvalue weighted by atomic mass is 9.95. The molecule has 21 heavy (non-hydrogen) atoms. The Balaban J connectivity index is 2.08. The number of nitro benzene ring substituents is 1. The normalized spacial score (nSPS) is 16.9. The second-order valence-corrected chi connectivity index (χ2v) is 6.83. The summed E-state index contributed by atoms with van der Waals surface area (Å²) in [5, 5.41) is 10.9. The average molecular weight is 312 g/mol. The average Bonchev–Trinajstić information content (AvgIpc) is 2.41. The van der Waals surface area contributed by atoms with Crippen LogP contribution in [0, 0.1) is 10.1 Å². The number of sulfonamides is 1. The van der Waals surface area contributed by atoms with E-state index in [0.717, 1.165) is 0 Å². The molecule has 0 atom stereocenters. The van der Waals surface area contributed by atoms with E-state index in [1.165, 1.54) is 18.2 Å². The molecule has 0 aliphatic heterocycles. The first-order chi connectivity index (χ1) is 9.87. The largest absolute Gasteiger partial charge is 0.300 e. The summed E-state index contributed by atoms with van der Waals surface area (Å²) >= 11 is 0. The second-order valence-electron chi connectivity index (χ2n) is 5.08. The Morgan fingerprint density at radius 2 is 1.86 bits per heavy atom. The minimum atomic E-state index is -3.67. The molecule has 7 nitrogen and oxygen atoms in total. The third-order valence-corrected chi connectivity index (χ3v) is 4.81. The number of Topliss-reactive ketones (excluding diaryl/α,β-unsaturated/α-hetero) is 1. The first-order valence-corrected chi connectivity index (χ1v) is 8.26. The molecule has 0 radical (unpaired) electrons. The van der Waals surface area contributed by atoms with Gasteiger partial charge in [0, 0.05) is 30.5 Å². The van der Waals surface area contributed by atoms with Crippen molar-refractivity contribution in [2.45, 2.75) is 37.5 Å². The van der Waals surface area contributed by atoms with Crippen molar-refractivity contribution in [3.05, 3.63) is 39.9 Å². The summed E-state index contributed by atoms with van der Waals surface area (Å²) in [6.07, 6.45) is 1.71. The third kappa shape index (κ3) is 4.33. The molecule has 0 unspecified atom stereocenters. The van der Waals surface area contributed by atoms with E-state index in [1.807, 2.05) is 0 Å². The van der Waals surface area contributed by atoms with Crippen LogP contribution >= 0.6 is 0 Å². The lowest BCUT2D eigenvalue weighted by molar-refractivity contribution is -0.385. The highest BCUT2D eigenvalue weighted by molar-refractivity contribution is 7.88. The molecule has 8 heteroatoms. The van der Waals surface area contributed by atoms with E-state index in [-0.39, 0.29) is 23.1 Å². The molecule has 1 aliphatic rings. The number of rotatable bonds is 5. The van der Waals surface area contributed by atoms with E-state index in [4.69, 9.17) is 0 Å². The highest BCUT2D eigenvalue weighted by Crippen LogP contribution is 2.21. The summed E-state index contributed by atoms with van der Waals surface area (Å²) in [6.45, 7) is 0. The number of nitrogens with one attached hydrogen (secondary N) is 1. The van der Waals surface area contributed by atoms with Crippen LogP contribution in [0.3, 0.4) is 0 Å². The number of carbonyl (C=O) groups excluding carboxylic acids is 1. The van der Waals surface area contributed by atoms with Crippen molar-refractivity contribution in [3.63, 3.8) is 0 Å². The van der Waals surface area contributed by atoms with Crippen LogP contribution in [-0.4, -0.2) is 25.2 Å². The summed E-state index contributed by atoms with van der Waals surface area (Å²) in [4.78, 5) is 21.4. The number of hydrogen-bond donors (Lipinski definition) is 1. The fourth-order valence-electron chi connectivity index (χ4n) is 2.37. The molecule has 1 N–H and O–H groups in total. The highest BCUT2D eigenvalue weighted by atomic mass is 32.2. The number of nitro groups is 1. The molecule has 0 amide bonds. The van der Waals surface area contributed by atoms with Gasteiger partial charge < -0.3 is 0 Å².